The topological polar surface area (TPSA) is 75.4 Å². The Bertz CT molecular complexity index is 612. The molecule has 0 aliphatic heterocycles. The number of nitrogens with two attached hydrogens (primary N) is 1. The van der Waals surface area contributed by atoms with Crippen molar-refractivity contribution in [2.24, 2.45) is 5.73 Å². The molecule has 2 aromatic carbocycles. The maximum Gasteiger partial charge on any atom is 0.251 e. The van der Waals surface area contributed by atoms with Gasteiger partial charge >= 0.3 is 0 Å². The minimum absolute atomic E-state index is 0.00744. The van der Waals surface area contributed by atoms with Crippen molar-refractivity contribution in [1.29, 1.82) is 0 Å². The van der Waals surface area contributed by atoms with Crippen LogP contribution >= 0.6 is 0 Å². The number of aliphatic hydroxyl groups is 1. The minimum atomic E-state index is -0.784. The highest BCUT2D eigenvalue weighted by atomic mass is 19.1. The van der Waals surface area contributed by atoms with Crippen molar-refractivity contribution in [2.75, 3.05) is 5.32 Å². The first-order chi connectivity index (χ1) is 9.60. The molecule has 20 heavy (non-hydrogen) atoms. The molecule has 1 amide bonds. The lowest BCUT2D eigenvalue weighted by Gasteiger charge is -2.08. The van der Waals surface area contributed by atoms with Gasteiger partial charge in [0, 0.05) is 12.2 Å². The normalized spacial score (nSPS) is 10.3. The molecule has 0 aliphatic carbocycles. The van der Waals surface area contributed by atoms with Crippen molar-refractivity contribution in [3.05, 3.63) is 65.0 Å². The van der Waals surface area contributed by atoms with Gasteiger partial charge in [0.05, 0.1) is 12.2 Å². The average Bonchev–Trinajstić information content (AvgIpc) is 2.45. The number of amides is 1. The Hall–Kier alpha value is -2.40. The summed E-state index contributed by atoms with van der Waals surface area (Å²) in [6.45, 7) is 0.522. The molecule has 0 heterocycles. The van der Waals surface area contributed by atoms with E-state index in [9.17, 15) is 9.18 Å². The Labute approximate surface area is 116 Å². The maximum atomic E-state index is 13.6. The zero-order valence-electron chi connectivity index (χ0n) is 10.8. The molecule has 0 aromatic heterocycles. The summed E-state index contributed by atoms with van der Waals surface area (Å²) in [4.78, 5) is 10.9. The second kappa shape index (κ2) is 6.16. The van der Waals surface area contributed by atoms with Crippen LogP contribution in [0.5, 0.6) is 0 Å². The van der Waals surface area contributed by atoms with Crippen LogP contribution in [0, 0.1) is 5.82 Å². The fourth-order valence-corrected chi connectivity index (χ4v) is 1.79. The van der Waals surface area contributed by atoms with Crippen LogP contribution < -0.4 is 11.1 Å². The third-order valence-corrected chi connectivity index (χ3v) is 2.94. The van der Waals surface area contributed by atoms with Crippen LogP contribution in [0.4, 0.5) is 10.1 Å². The average molecular weight is 274 g/mol. The van der Waals surface area contributed by atoms with E-state index in [-0.39, 0.29) is 12.2 Å². The predicted octanol–water partition coefficient (Wildman–Crippen LogP) is 2.03. The fraction of sp³-hybridized carbons (Fsp3) is 0.133. The first kappa shape index (κ1) is 14.0. The zero-order valence-corrected chi connectivity index (χ0v) is 10.8. The van der Waals surface area contributed by atoms with Crippen LogP contribution in [0.15, 0.2) is 42.5 Å². The monoisotopic (exact) mass is 274 g/mol. The Balaban J connectivity index is 2.03. The number of hydrogen-bond donors (Lipinski definition) is 3. The van der Waals surface area contributed by atoms with Gasteiger partial charge in [-0.15, -0.1) is 0 Å². The number of halogens is 1. The van der Waals surface area contributed by atoms with Crippen LogP contribution in [-0.2, 0) is 13.2 Å². The summed E-state index contributed by atoms with van der Waals surface area (Å²) in [6.07, 6.45) is 0. The van der Waals surface area contributed by atoms with Crippen molar-refractivity contribution >= 4 is 11.6 Å². The Morgan fingerprint density at radius 2 is 1.80 bits per heavy atom. The summed E-state index contributed by atoms with van der Waals surface area (Å²) in [5.74, 6) is -1.42. The number of carbonyl (C=O) groups is 1. The molecular formula is C15H15FN2O2. The van der Waals surface area contributed by atoms with E-state index in [1.807, 2.05) is 24.3 Å². The van der Waals surface area contributed by atoms with E-state index in [1.165, 1.54) is 12.1 Å². The van der Waals surface area contributed by atoms with Gasteiger partial charge in [-0.1, -0.05) is 24.3 Å². The van der Waals surface area contributed by atoms with E-state index >= 15 is 0 Å². The van der Waals surface area contributed by atoms with Crippen molar-refractivity contribution in [3.63, 3.8) is 0 Å². The zero-order chi connectivity index (χ0) is 14.5. The molecule has 4 nitrogen and oxygen atoms in total. The van der Waals surface area contributed by atoms with Gasteiger partial charge < -0.3 is 16.2 Å². The van der Waals surface area contributed by atoms with Gasteiger partial charge in [-0.25, -0.2) is 4.39 Å². The lowest BCUT2D eigenvalue weighted by molar-refractivity contribution is 0.0996. The molecule has 104 valence electrons. The number of primary amides is 1. The van der Waals surface area contributed by atoms with Crippen LogP contribution in [0.1, 0.15) is 21.5 Å². The molecule has 0 saturated heterocycles. The van der Waals surface area contributed by atoms with Gasteiger partial charge in [0.25, 0.3) is 5.91 Å². The summed E-state index contributed by atoms with van der Waals surface area (Å²) in [7, 11) is 0. The third-order valence-electron chi connectivity index (χ3n) is 2.94. The Morgan fingerprint density at radius 3 is 2.35 bits per heavy atom. The lowest BCUT2D eigenvalue weighted by Crippen LogP contribution is -2.13. The highest BCUT2D eigenvalue weighted by Crippen LogP contribution is 2.15. The molecule has 0 aliphatic rings. The fourth-order valence-electron chi connectivity index (χ4n) is 1.79. The summed E-state index contributed by atoms with van der Waals surface area (Å²) in [6, 6.07) is 11.6. The van der Waals surface area contributed by atoms with Gasteiger partial charge in [0.15, 0.2) is 0 Å². The quantitative estimate of drug-likeness (QED) is 0.781. The van der Waals surface area contributed by atoms with E-state index in [1.54, 1.807) is 6.07 Å². The summed E-state index contributed by atoms with van der Waals surface area (Å²) >= 11 is 0. The van der Waals surface area contributed by atoms with Gasteiger partial charge in [-0.2, -0.15) is 0 Å². The second-order valence-corrected chi connectivity index (χ2v) is 4.39. The molecule has 0 atom stereocenters. The number of carbonyl (C=O) groups excluding carboxylic acids is 1. The molecule has 0 fully saturated rings. The number of aliphatic hydroxyl groups excluding tert-OH is 1. The van der Waals surface area contributed by atoms with E-state index < -0.39 is 11.7 Å². The van der Waals surface area contributed by atoms with E-state index in [0.29, 0.717) is 12.2 Å². The number of anilines is 1. The van der Waals surface area contributed by atoms with E-state index in [0.717, 1.165) is 11.1 Å². The molecular weight excluding hydrogens is 259 g/mol. The number of benzene rings is 2. The van der Waals surface area contributed by atoms with Gasteiger partial charge in [-0.05, 0) is 29.3 Å². The largest absolute Gasteiger partial charge is 0.392 e. The lowest BCUT2D eigenvalue weighted by atomic mass is 10.1. The van der Waals surface area contributed by atoms with Crippen molar-refractivity contribution in [1.82, 2.24) is 0 Å². The molecule has 2 aromatic rings. The van der Waals surface area contributed by atoms with Crippen molar-refractivity contribution < 1.29 is 14.3 Å². The van der Waals surface area contributed by atoms with Gasteiger partial charge in [0.1, 0.15) is 5.82 Å². The number of rotatable bonds is 5. The number of nitrogens with one attached hydrogen (secondary N) is 1. The smallest absolute Gasteiger partial charge is 0.251 e. The molecule has 0 saturated carbocycles. The predicted molar refractivity (Wildman–Crippen MR) is 74.6 cm³/mol. The van der Waals surface area contributed by atoms with Gasteiger partial charge in [0.2, 0.25) is 0 Å². The molecule has 0 spiro atoms. The Morgan fingerprint density at radius 1 is 1.15 bits per heavy atom. The highest BCUT2D eigenvalue weighted by Gasteiger charge is 2.08. The molecule has 5 heteroatoms. The third kappa shape index (κ3) is 3.33. The van der Waals surface area contributed by atoms with Crippen molar-refractivity contribution in [2.45, 2.75) is 13.2 Å². The standard InChI is InChI=1S/C15H15FN2O2/c16-14-7-12(5-6-13(14)15(17)20)18-8-10-1-3-11(9-19)4-2-10/h1-7,18-19H,8-9H2,(H2,17,20). The van der Waals surface area contributed by atoms with Crippen LogP contribution in [0.2, 0.25) is 0 Å². The molecule has 0 bridgehead atoms. The molecule has 2 rings (SSSR count). The minimum Gasteiger partial charge on any atom is -0.392 e. The highest BCUT2D eigenvalue weighted by molar-refractivity contribution is 5.93. The maximum absolute atomic E-state index is 13.6. The summed E-state index contributed by atoms with van der Waals surface area (Å²) in [5.41, 5.74) is 7.32. The van der Waals surface area contributed by atoms with Gasteiger partial charge in [-0.3, -0.25) is 4.79 Å². The van der Waals surface area contributed by atoms with E-state index in [4.69, 9.17) is 10.8 Å². The molecule has 0 unspecified atom stereocenters. The second-order valence-electron chi connectivity index (χ2n) is 4.39. The van der Waals surface area contributed by atoms with Crippen LogP contribution in [-0.4, -0.2) is 11.0 Å². The first-order valence-corrected chi connectivity index (χ1v) is 6.12. The SMILES string of the molecule is NC(=O)c1ccc(NCc2ccc(CO)cc2)cc1F. The first-order valence-electron chi connectivity index (χ1n) is 6.12. The van der Waals surface area contributed by atoms with E-state index in [2.05, 4.69) is 5.32 Å². The molecule has 0 radical (unpaired) electrons. The Kier molecular flexibility index (Phi) is 4.32. The van der Waals surface area contributed by atoms with Crippen LogP contribution in [0.25, 0.3) is 0 Å². The van der Waals surface area contributed by atoms with Crippen LogP contribution in [0.3, 0.4) is 0 Å². The number of hydrogen-bond acceptors (Lipinski definition) is 3. The summed E-state index contributed by atoms with van der Waals surface area (Å²) < 4.78 is 13.6. The van der Waals surface area contributed by atoms with Crippen molar-refractivity contribution in [3.8, 4) is 0 Å². The molecule has 4 N–H and O–H groups in total. The summed E-state index contributed by atoms with van der Waals surface area (Å²) in [5, 5.41) is 12.0.